The fraction of sp³-hybridized carbons (Fsp3) is 0.333. The van der Waals surface area contributed by atoms with Gasteiger partial charge >= 0.3 is 0 Å². The molecule has 2 aromatic carbocycles. The number of rotatable bonds is 4. The molecule has 0 bridgehead atoms. The number of carbonyl (C=O) groups is 2. The van der Waals surface area contributed by atoms with E-state index < -0.39 is 11.5 Å². The van der Waals surface area contributed by atoms with Crippen LogP contribution in [0.15, 0.2) is 47.5 Å². The molecule has 3 aromatic rings. The number of carbonyl (C=O) groups excluding carboxylic acids is 2. The third-order valence-electron chi connectivity index (χ3n) is 6.45. The minimum Gasteiger partial charge on any atom is -0.497 e. The number of anilines is 1. The fourth-order valence-electron chi connectivity index (χ4n) is 4.98. The van der Waals surface area contributed by atoms with Crippen LogP contribution in [0.3, 0.4) is 0 Å². The number of benzene rings is 2. The zero-order valence-electron chi connectivity index (χ0n) is 18.2. The van der Waals surface area contributed by atoms with Crippen LogP contribution in [-0.4, -0.2) is 54.2 Å². The van der Waals surface area contributed by atoms with Gasteiger partial charge in [0.05, 0.1) is 30.9 Å². The van der Waals surface area contributed by atoms with E-state index in [1.54, 1.807) is 27.3 Å². The van der Waals surface area contributed by atoms with E-state index in [2.05, 4.69) is 9.98 Å². The Labute approximate surface area is 185 Å². The Hall–Kier alpha value is -3.68. The molecule has 1 aliphatic heterocycles. The van der Waals surface area contributed by atoms with E-state index in [0.29, 0.717) is 41.7 Å². The summed E-state index contributed by atoms with van der Waals surface area (Å²) in [6.07, 6.45) is 0.925. The predicted octanol–water partition coefficient (Wildman–Crippen LogP) is 3.27. The zero-order chi connectivity index (χ0) is 22.5. The van der Waals surface area contributed by atoms with Gasteiger partial charge in [-0.2, -0.15) is 0 Å². The van der Waals surface area contributed by atoms with Gasteiger partial charge in [0.25, 0.3) is 0 Å². The summed E-state index contributed by atoms with van der Waals surface area (Å²) < 4.78 is 10.9. The highest BCUT2D eigenvalue weighted by atomic mass is 16.5. The van der Waals surface area contributed by atoms with Gasteiger partial charge in [0.2, 0.25) is 0 Å². The van der Waals surface area contributed by atoms with Crippen molar-refractivity contribution in [2.24, 2.45) is 4.99 Å². The van der Waals surface area contributed by atoms with Gasteiger partial charge in [0.15, 0.2) is 5.78 Å². The van der Waals surface area contributed by atoms with E-state index in [1.165, 1.54) is 0 Å². The minimum atomic E-state index is -1.01. The first-order valence-electron chi connectivity index (χ1n) is 10.5. The molecule has 2 unspecified atom stereocenters. The van der Waals surface area contributed by atoms with Crippen molar-refractivity contribution >= 4 is 34.1 Å². The molecule has 1 saturated heterocycles. The molecule has 2 aliphatic rings. The van der Waals surface area contributed by atoms with Crippen molar-refractivity contribution in [1.29, 1.82) is 0 Å². The molecule has 5 rings (SSSR count). The molecule has 1 aromatic heterocycles. The molecule has 164 valence electrons. The number of aliphatic imine (C=N–C) groups is 1. The lowest BCUT2D eigenvalue weighted by atomic mass is 9.88. The second kappa shape index (κ2) is 7.47. The SMILES string of the molecule is CN=C1C(c2nc3ccccc3[nH]2)C(=O)C2(CCC(=O)C2)N1c1cc(OC)cc(OC)c1. The summed E-state index contributed by atoms with van der Waals surface area (Å²) in [5.74, 6) is 1.58. The number of nitrogens with zero attached hydrogens (tertiary/aromatic N) is 3. The van der Waals surface area contributed by atoms with Gasteiger partial charge in [0.1, 0.15) is 40.4 Å². The Morgan fingerprint density at radius 3 is 2.44 bits per heavy atom. The maximum absolute atomic E-state index is 14.0. The highest BCUT2D eigenvalue weighted by molar-refractivity contribution is 6.28. The molecule has 32 heavy (non-hydrogen) atoms. The molecular formula is C24H24N4O4. The molecule has 8 heteroatoms. The number of hydrogen-bond acceptors (Lipinski definition) is 6. The molecule has 2 atom stereocenters. The van der Waals surface area contributed by atoms with E-state index in [4.69, 9.17) is 14.5 Å². The van der Waals surface area contributed by atoms with Crippen LogP contribution >= 0.6 is 0 Å². The van der Waals surface area contributed by atoms with Crippen LogP contribution in [0.5, 0.6) is 11.5 Å². The highest BCUT2D eigenvalue weighted by Gasteiger charge is 2.61. The minimum absolute atomic E-state index is 0.0650. The number of nitrogens with one attached hydrogen (secondary N) is 1. The number of H-pyrrole nitrogens is 1. The molecular weight excluding hydrogens is 408 g/mol. The largest absolute Gasteiger partial charge is 0.497 e. The number of aromatic nitrogens is 2. The van der Waals surface area contributed by atoms with Gasteiger partial charge in [-0.25, -0.2) is 4.98 Å². The van der Waals surface area contributed by atoms with Gasteiger partial charge in [-0.3, -0.25) is 14.6 Å². The number of Topliss-reactive ketones (excluding diaryl/α,β-unsaturated/α-hetero) is 2. The molecule has 0 radical (unpaired) electrons. The second-order valence-electron chi connectivity index (χ2n) is 8.17. The quantitative estimate of drug-likeness (QED) is 0.680. The Bertz CT molecular complexity index is 1210. The first-order chi connectivity index (χ1) is 15.5. The van der Waals surface area contributed by atoms with E-state index in [1.807, 2.05) is 41.3 Å². The maximum Gasteiger partial charge on any atom is 0.177 e. The van der Waals surface area contributed by atoms with E-state index >= 15 is 0 Å². The van der Waals surface area contributed by atoms with Crippen molar-refractivity contribution in [2.45, 2.75) is 30.7 Å². The van der Waals surface area contributed by atoms with E-state index in [9.17, 15) is 9.59 Å². The Kier molecular flexibility index (Phi) is 4.73. The van der Waals surface area contributed by atoms with Crippen LogP contribution in [0.25, 0.3) is 11.0 Å². The summed E-state index contributed by atoms with van der Waals surface area (Å²) in [4.78, 5) is 40.9. The Balaban J connectivity index is 1.71. The first-order valence-corrected chi connectivity index (χ1v) is 10.5. The Morgan fingerprint density at radius 1 is 1.12 bits per heavy atom. The van der Waals surface area contributed by atoms with Crippen LogP contribution in [0.1, 0.15) is 31.0 Å². The van der Waals surface area contributed by atoms with Gasteiger partial charge in [-0.1, -0.05) is 12.1 Å². The first kappa shape index (κ1) is 20.2. The van der Waals surface area contributed by atoms with Crippen LogP contribution < -0.4 is 14.4 Å². The second-order valence-corrected chi connectivity index (χ2v) is 8.17. The van der Waals surface area contributed by atoms with Crippen molar-refractivity contribution in [2.75, 3.05) is 26.2 Å². The van der Waals surface area contributed by atoms with E-state index in [0.717, 1.165) is 11.0 Å². The molecule has 2 fully saturated rings. The molecule has 1 saturated carbocycles. The van der Waals surface area contributed by atoms with E-state index in [-0.39, 0.29) is 18.0 Å². The Morgan fingerprint density at radius 2 is 1.84 bits per heavy atom. The highest BCUT2D eigenvalue weighted by Crippen LogP contribution is 2.49. The van der Waals surface area contributed by atoms with Gasteiger partial charge in [-0.05, 0) is 18.6 Å². The van der Waals surface area contributed by atoms with Crippen molar-refractivity contribution in [3.63, 3.8) is 0 Å². The lowest BCUT2D eigenvalue weighted by Gasteiger charge is -2.34. The van der Waals surface area contributed by atoms with Crippen molar-refractivity contribution in [3.8, 4) is 11.5 Å². The number of para-hydroxylation sites is 2. The summed E-state index contributed by atoms with van der Waals surface area (Å²) in [5, 5.41) is 0. The molecule has 1 spiro atoms. The predicted molar refractivity (Wildman–Crippen MR) is 121 cm³/mol. The van der Waals surface area contributed by atoms with Crippen molar-refractivity contribution < 1.29 is 19.1 Å². The standard InChI is InChI=1S/C24H24N4O4/c1-25-23-20(22-26-18-6-4-5-7-19(18)27-22)21(30)24(9-8-15(29)13-24)28(23)14-10-16(31-2)12-17(11-14)32-3/h4-7,10-12,20H,8-9,13H2,1-3H3,(H,26,27). The number of ether oxygens (including phenoxy) is 2. The number of amidine groups is 1. The number of aromatic amines is 1. The van der Waals surface area contributed by atoms with Crippen LogP contribution in [0.2, 0.25) is 0 Å². The average Bonchev–Trinajstić information content (AvgIpc) is 3.47. The monoisotopic (exact) mass is 432 g/mol. The average molecular weight is 432 g/mol. The molecule has 2 heterocycles. The van der Waals surface area contributed by atoms with Crippen molar-refractivity contribution in [3.05, 3.63) is 48.3 Å². The van der Waals surface area contributed by atoms with Crippen LogP contribution in [0.4, 0.5) is 5.69 Å². The van der Waals surface area contributed by atoms with Gasteiger partial charge in [0, 0.05) is 38.1 Å². The third kappa shape index (κ3) is 2.90. The number of fused-ring (bicyclic) bond motifs is 1. The summed E-state index contributed by atoms with van der Waals surface area (Å²) in [6, 6.07) is 13.1. The number of ketones is 2. The number of imidazole rings is 1. The summed E-state index contributed by atoms with van der Waals surface area (Å²) in [7, 11) is 4.82. The zero-order valence-corrected chi connectivity index (χ0v) is 18.2. The number of methoxy groups -OCH3 is 2. The topological polar surface area (TPSA) is 96.9 Å². The molecule has 1 aliphatic carbocycles. The summed E-state index contributed by atoms with van der Waals surface area (Å²) in [6.45, 7) is 0. The molecule has 0 amide bonds. The summed E-state index contributed by atoms with van der Waals surface area (Å²) >= 11 is 0. The third-order valence-corrected chi connectivity index (χ3v) is 6.45. The van der Waals surface area contributed by atoms with Gasteiger partial charge in [-0.15, -0.1) is 0 Å². The maximum atomic E-state index is 14.0. The van der Waals surface area contributed by atoms with Crippen LogP contribution in [-0.2, 0) is 9.59 Å². The normalized spacial score (nSPS) is 24.3. The number of hydrogen-bond donors (Lipinski definition) is 1. The lowest BCUT2D eigenvalue weighted by Crippen LogP contribution is -2.48. The summed E-state index contributed by atoms with van der Waals surface area (Å²) in [5.41, 5.74) is 1.32. The smallest absolute Gasteiger partial charge is 0.177 e. The fourth-order valence-corrected chi connectivity index (χ4v) is 4.98. The van der Waals surface area contributed by atoms with Crippen LogP contribution in [0, 0.1) is 0 Å². The molecule has 8 nitrogen and oxygen atoms in total. The molecule has 1 N–H and O–H groups in total. The lowest BCUT2D eigenvalue weighted by molar-refractivity contribution is -0.124. The van der Waals surface area contributed by atoms with Crippen molar-refractivity contribution in [1.82, 2.24) is 9.97 Å². The van der Waals surface area contributed by atoms with Gasteiger partial charge < -0.3 is 19.4 Å².